The minimum atomic E-state index is -1.55. The Bertz CT molecular complexity index is 357. The molecule has 0 spiro atoms. The lowest BCUT2D eigenvalue weighted by atomic mass is 10.1. The van der Waals surface area contributed by atoms with Crippen LogP contribution < -0.4 is 5.14 Å². The third kappa shape index (κ3) is 4.80. The second kappa shape index (κ2) is 6.19. The highest BCUT2D eigenvalue weighted by Gasteiger charge is 2.38. The highest BCUT2D eigenvalue weighted by molar-refractivity contribution is 14.2. The fourth-order valence-corrected chi connectivity index (χ4v) is 5.01. The summed E-state index contributed by atoms with van der Waals surface area (Å²) < 4.78 is 5.30. The second-order valence-electron chi connectivity index (χ2n) is 5.66. The molecule has 1 rings (SSSR count). The van der Waals surface area contributed by atoms with Crippen LogP contribution in [0, 0.1) is 0 Å². The number of aliphatic hydroxyl groups excluding tert-OH is 1. The predicted molar refractivity (Wildman–Crippen MR) is 88.2 cm³/mol. The van der Waals surface area contributed by atoms with Crippen LogP contribution in [0.25, 0.3) is 0 Å². The van der Waals surface area contributed by atoms with Gasteiger partial charge in [-0.3, -0.25) is 5.14 Å². The van der Waals surface area contributed by atoms with Crippen molar-refractivity contribution in [3.63, 3.8) is 0 Å². The first kappa shape index (κ1) is 17.1. The van der Waals surface area contributed by atoms with Crippen molar-refractivity contribution in [1.82, 2.24) is 4.90 Å². The summed E-state index contributed by atoms with van der Waals surface area (Å²) >= 11 is 2.17. The molecule has 3 unspecified atom stereocenters. The monoisotopic (exact) mass is 402 g/mol. The van der Waals surface area contributed by atoms with Gasteiger partial charge in [0.15, 0.2) is 0 Å². The lowest BCUT2D eigenvalue weighted by molar-refractivity contribution is 0.00525. The zero-order chi connectivity index (χ0) is 14.8. The maximum atomic E-state index is 11.9. The Morgan fingerprint density at radius 2 is 2.21 bits per heavy atom. The molecule has 1 aliphatic heterocycles. The van der Waals surface area contributed by atoms with Crippen LogP contribution in [0.2, 0.25) is 0 Å². The summed E-state index contributed by atoms with van der Waals surface area (Å²) in [7, 11) is -1.55. The summed E-state index contributed by atoms with van der Waals surface area (Å²) in [6.07, 6.45) is -0.341. The number of carbonyl (C=O) groups excluding carboxylic acids is 1. The molecule has 7 heteroatoms. The molecule has 0 aliphatic carbocycles. The number of aliphatic hydroxyl groups is 1. The smallest absolute Gasteiger partial charge is 0.410 e. The van der Waals surface area contributed by atoms with Gasteiger partial charge in [-0.2, -0.15) is 0 Å². The van der Waals surface area contributed by atoms with Gasteiger partial charge >= 0.3 is 6.09 Å². The molecule has 5 nitrogen and oxygen atoms in total. The number of rotatable bonds is 2. The molecule has 3 atom stereocenters. The molecule has 0 saturated carbocycles. The first-order chi connectivity index (χ1) is 8.57. The highest BCUT2D eigenvalue weighted by atomic mass is 127. The Labute approximate surface area is 128 Å². The normalized spacial score (nSPS) is 29.3. The zero-order valence-electron chi connectivity index (χ0n) is 11.6. The molecule has 1 aliphatic rings. The largest absolute Gasteiger partial charge is 0.444 e. The van der Waals surface area contributed by atoms with E-state index in [0.29, 0.717) is 13.0 Å². The molecule has 1 saturated heterocycles. The predicted octanol–water partition coefficient (Wildman–Crippen LogP) is 2.53. The number of piperidine rings is 1. The second-order valence-corrected chi connectivity index (χ2v) is 12.5. The molecule has 3 N–H and O–H groups in total. The van der Waals surface area contributed by atoms with Crippen LogP contribution in [0.3, 0.4) is 0 Å². The molecule has 0 aromatic carbocycles. The SMILES string of the molecule is C=CS(N)(I)C1CCN(C(=O)OC(C)(C)C)CC1O. The lowest BCUT2D eigenvalue weighted by Gasteiger charge is -2.43. The van der Waals surface area contributed by atoms with Gasteiger partial charge in [-0.05, 0) is 53.8 Å². The molecular weight excluding hydrogens is 379 g/mol. The van der Waals surface area contributed by atoms with Gasteiger partial charge in [0.05, 0.1) is 12.6 Å². The van der Waals surface area contributed by atoms with E-state index in [-0.39, 0.29) is 17.9 Å². The summed E-state index contributed by atoms with van der Waals surface area (Å²) in [6.45, 7) is 10.0. The maximum Gasteiger partial charge on any atom is 0.410 e. The summed E-state index contributed by atoms with van der Waals surface area (Å²) in [5.41, 5.74) is -0.522. The number of halogens is 1. The fraction of sp³-hybridized carbons (Fsp3) is 0.750. The maximum absolute atomic E-state index is 11.9. The average molecular weight is 402 g/mol. The molecule has 0 radical (unpaired) electrons. The molecule has 1 amide bonds. The first-order valence-electron chi connectivity index (χ1n) is 6.15. The van der Waals surface area contributed by atoms with Crippen molar-refractivity contribution in [1.29, 1.82) is 0 Å². The van der Waals surface area contributed by atoms with Crippen LogP contribution in [0.4, 0.5) is 4.79 Å². The Morgan fingerprint density at radius 1 is 1.63 bits per heavy atom. The lowest BCUT2D eigenvalue weighted by Crippen LogP contribution is -2.51. The van der Waals surface area contributed by atoms with E-state index in [1.165, 1.54) is 0 Å². The molecule has 1 fully saturated rings. The van der Waals surface area contributed by atoms with E-state index in [1.54, 1.807) is 10.3 Å². The number of likely N-dealkylation sites (tertiary alicyclic amines) is 1. The minimum absolute atomic E-state index is 0.0238. The number of hydrogen-bond acceptors (Lipinski definition) is 4. The van der Waals surface area contributed by atoms with Crippen molar-refractivity contribution in [2.45, 2.75) is 44.1 Å². The van der Waals surface area contributed by atoms with Gasteiger partial charge in [-0.25, -0.2) is 4.79 Å². The van der Waals surface area contributed by atoms with E-state index in [2.05, 4.69) is 27.8 Å². The van der Waals surface area contributed by atoms with Crippen LogP contribution in [-0.2, 0) is 4.74 Å². The zero-order valence-corrected chi connectivity index (χ0v) is 14.6. The Morgan fingerprint density at radius 3 is 2.63 bits per heavy atom. The Kier molecular flexibility index (Phi) is 5.56. The van der Waals surface area contributed by atoms with Crippen LogP contribution in [0.15, 0.2) is 12.0 Å². The Balaban J connectivity index is 2.64. The summed E-state index contributed by atoms with van der Waals surface area (Å²) in [5, 5.41) is 18.1. The van der Waals surface area contributed by atoms with Crippen LogP contribution in [0.5, 0.6) is 0 Å². The highest BCUT2D eigenvalue weighted by Crippen LogP contribution is 2.57. The number of carbonyl (C=O) groups is 1. The summed E-state index contributed by atoms with van der Waals surface area (Å²) in [6, 6.07) is 0. The van der Waals surface area contributed by atoms with Crippen LogP contribution >= 0.6 is 28.6 Å². The van der Waals surface area contributed by atoms with E-state index in [1.807, 2.05) is 20.8 Å². The van der Waals surface area contributed by atoms with Gasteiger partial charge in [0.25, 0.3) is 0 Å². The molecule has 19 heavy (non-hydrogen) atoms. The third-order valence-electron chi connectivity index (χ3n) is 2.89. The van der Waals surface area contributed by atoms with Crippen molar-refractivity contribution in [3.05, 3.63) is 12.0 Å². The van der Waals surface area contributed by atoms with Gasteiger partial charge in [0.1, 0.15) is 5.60 Å². The van der Waals surface area contributed by atoms with E-state index in [0.717, 1.165) is 0 Å². The number of nitrogens with zero attached hydrogens (tertiary/aromatic N) is 1. The molecule has 1 heterocycles. The minimum Gasteiger partial charge on any atom is -0.444 e. The van der Waals surface area contributed by atoms with Crippen molar-refractivity contribution >= 4 is 34.7 Å². The molecular formula is C12H23IN2O3S. The van der Waals surface area contributed by atoms with Crippen LogP contribution in [0.1, 0.15) is 27.2 Å². The van der Waals surface area contributed by atoms with E-state index in [4.69, 9.17) is 9.88 Å². The molecule has 0 bridgehead atoms. The third-order valence-corrected chi connectivity index (χ3v) is 7.92. The molecule has 0 aromatic heterocycles. The topological polar surface area (TPSA) is 75.8 Å². The fourth-order valence-electron chi connectivity index (χ4n) is 1.95. The van der Waals surface area contributed by atoms with Gasteiger partial charge in [0.2, 0.25) is 0 Å². The van der Waals surface area contributed by atoms with Crippen molar-refractivity contribution in [2.24, 2.45) is 5.14 Å². The number of nitrogens with two attached hydrogens (primary N) is 1. The van der Waals surface area contributed by atoms with E-state index < -0.39 is 19.1 Å². The van der Waals surface area contributed by atoms with Gasteiger partial charge in [-0.1, -0.05) is 6.58 Å². The van der Waals surface area contributed by atoms with Gasteiger partial charge in [0, 0.05) is 11.8 Å². The first-order valence-corrected chi connectivity index (χ1v) is 10.5. The summed E-state index contributed by atoms with van der Waals surface area (Å²) in [4.78, 5) is 13.5. The Hall–Kier alpha value is 0.01000. The molecule has 112 valence electrons. The number of β-amino-alcohol motifs (C(OH)–C–C–N with tert-alkyl or cyclic N) is 1. The van der Waals surface area contributed by atoms with Crippen molar-refractivity contribution < 1.29 is 14.6 Å². The number of hydrogen-bond donors (Lipinski definition) is 2. The standard InChI is InChI=1S/C12H23IN2O3S/c1-5-19(13,14)10-6-7-15(8-9(10)16)11(17)18-12(2,3)4/h5,9-10,16H,1,6-8,14H2,2-4H3. The van der Waals surface area contributed by atoms with Gasteiger partial charge < -0.3 is 14.7 Å². The van der Waals surface area contributed by atoms with Crippen LogP contribution in [-0.4, -0.2) is 46.1 Å². The number of amides is 1. The molecule has 0 aromatic rings. The number of ether oxygens (including phenoxy) is 1. The van der Waals surface area contributed by atoms with Crippen molar-refractivity contribution in [3.8, 4) is 0 Å². The van der Waals surface area contributed by atoms with Gasteiger partial charge in [-0.15, -0.1) is 7.39 Å². The van der Waals surface area contributed by atoms with E-state index >= 15 is 0 Å². The van der Waals surface area contributed by atoms with E-state index in [9.17, 15) is 9.90 Å². The summed E-state index contributed by atoms with van der Waals surface area (Å²) in [5.74, 6) is 0. The van der Waals surface area contributed by atoms with Crippen molar-refractivity contribution in [2.75, 3.05) is 13.1 Å². The average Bonchev–Trinajstić information content (AvgIpc) is 2.26. The quantitative estimate of drug-likeness (QED) is 0.697.